The minimum Gasteiger partial charge on any atom is -0.387 e. The van der Waals surface area contributed by atoms with Gasteiger partial charge in [-0.05, 0) is 25.7 Å². The summed E-state index contributed by atoms with van der Waals surface area (Å²) in [6.07, 6.45) is 4.58. The molecule has 0 saturated heterocycles. The summed E-state index contributed by atoms with van der Waals surface area (Å²) in [6, 6.07) is 0.632. The molecule has 0 radical (unpaired) electrons. The Balaban J connectivity index is 2.08. The van der Waals surface area contributed by atoms with Crippen LogP contribution in [-0.2, 0) is 0 Å². The minimum atomic E-state index is 0.316. The van der Waals surface area contributed by atoms with Crippen LogP contribution >= 0.6 is 0 Å². The Kier molecular flexibility index (Phi) is 1.60. The van der Waals surface area contributed by atoms with Gasteiger partial charge >= 0.3 is 0 Å². The molecule has 5 heterocycles. The van der Waals surface area contributed by atoms with Crippen molar-refractivity contribution >= 4 is 11.7 Å². The van der Waals surface area contributed by atoms with Crippen LogP contribution in [-0.4, -0.2) is 23.8 Å². The first-order chi connectivity index (χ1) is 6.75. The molecule has 14 heavy (non-hydrogen) atoms. The summed E-state index contributed by atoms with van der Waals surface area (Å²) in [4.78, 5) is 9.14. The Morgan fingerprint density at radius 1 is 0.786 bits per heavy atom. The van der Waals surface area contributed by atoms with E-state index in [4.69, 9.17) is 11.5 Å². The highest BCUT2D eigenvalue weighted by atomic mass is 15.0. The van der Waals surface area contributed by atoms with Gasteiger partial charge in [0.2, 0.25) is 0 Å². The lowest BCUT2D eigenvalue weighted by atomic mass is 9.74. The monoisotopic (exact) mass is 192 g/mol. The zero-order chi connectivity index (χ0) is 9.71. The van der Waals surface area contributed by atoms with E-state index < -0.39 is 0 Å². The van der Waals surface area contributed by atoms with Crippen molar-refractivity contribution in [2.45, 2.75) is 37.8 Å². The zero-order valence-electron chi connectivity index (χ0n) is 8.19. The molecule has 0 aromatic rings. The van der Waals surface area contributed by atoms with Gasteiger partial charge in [-0.2, -0.15) is 0 Å². The molecule has 6 aliphatic rings. The Morgan fingerprint density at radius 3 is 1.57 bits per heavy atom. The molecule has 4 atom stereocenters. The van der Waals surface area contributed by atoms with Crippen molar-refractivity contribution in [1.82, 2.24) is 0 Å². The number of aliphatic imine (C=N–C) groups is 2. The first-order valence-electron chi connectivity index (χ1n) is 5.42. The number of rotatable bonds is 0. The van der Waals surface area contributed by atoms with E-state index in [-0.39, 0.29) is 0 Å². The molecular formula is C10H16N4. The number of nitrogens with zero attached hydrogens (tertiary/aromatic N) is 2. The minimum absolute atomic E-state index is 0.316. The van der Waals surface area contributed by atoms with Crippen LogP contribution in [0.15, 0.2) is 9.98 Å². The Morgan fingerprint density at radius 2 is 1.21 bits per heavy atom. The van der Waals surface area contributed by atoms with Gasteiger partial charge in [0.05, 0.1) is 23.8 Å². The Hall–Kier alpha value is -1.06. The highest BCUT2D eigenvalue weighted by Gasteiger charge is 2.41. The summed E-state index contributed by atoms with van der Waals surface area (Å²) in [5.41, 5.74) is 11.9. The smallest absolute Gasteiger partial charge is 0.0993 e. The first kappa shape index (κ1) is 8.26. The van der Waals surface area contributed by atoms with Crippen LogP contribution in [0, 0.1) is 11.8 Å². The molecule has 6 rings (SSSR count). The topological polar surface area (TPSA) is 76.8 Å². The molecule has 0 unspecified atom stereocenters. The largest absolute Gasteiger partial charge is 0.387 e. The van der Waals surface area contributed by atoms with Crippen molar-refractivity contribution in [2.75, 3.05) is 0 Å². The molecule has 1 saturated carbocycles. The lowest BCUT2D eigenvalue weighted by Crippen LogP contribution is -2.49. The lowest BCUT2D eigenvalue weighted by Gasteiger charge is -2.41. The molecule has 1 aliphatic carbocycles. The molecule has 0 aromatic carbocycles. The third-order valence-corrected chi connectivity index (χ3v) is 3.87. The van der Waals surface area contributed by atoms with Gasteiger partial charge in [-0.15, -0.1) is 0 Å². The molecule has 76 valence electrons. The maximum atomic E-state index is 5.96. The van der Waals surface area contributed by atoms with Crippen molar-refractivity contribution in [2.24, 2.45) is 33.3 Å². The van der Waals surface area contributed by atoms with Crippen molar-refractivity contribution in [3.05, 3.63) is 0 Å². The summed E-state index contributed by atoms with van der Waals surface area (Å²) in [5, 5.41) is 0. The molecule has 0 spiro atoms. The van der Waals surface area contributed by atoms with E-state index in [0.29, 0.717) is 23.9 Å². The van der Waals surface area contributed by atoms with Gasteiger partial charge in [0.25, 0.3) is 0 Å². The highest BCUT2D eigenvalue weighted by molar-refractivity contribution is 5.89. The number of hydrogen-bond acceptors (Lipinski definition) is 4. The third-order valence-electron chi connectivity index (χ3n) is 3.87. The van der Waals surface area contributed by atoms with Crippen LogP contribution in [0.2, 0.25) is 0 Å². The van der Waals surface area contributed by atoms with Gasteiger partial charge in [-0.3, -0.25) is 9.98 Å². The fraction of sp³-hybridized carbons (Fsp3) is 0.800. The van der Waals surface area contributed by atoms with Gasteiger partial charge in [-0.1, -0.05) is 0 Å². The summed E-state index contributed by atoms with van der Waals surface area (Å²) in [5.74, 6) is 2.39. The molecule has 4 nitrogen and oxygen atoms in total. The number of hydrogen-bond donors (Lipinski definition) is 2. The predicted octanol–water partition coefficient (Wildman–Crippen LogP) is 0.272. The van der Waals surface area contributed by atoms with E-state index in [1.807, 2.05) is 0 Å². The molecule has 5 aliphatic heterocycles. The molecule has 4 N–H and O–H groups in total. The quantitative estimate of drug-likeness (QED) is 0.578. The van der Waals surface area contributed by atoms with Crippen molar-refractivity contribution in [3.63, 3.8) is 0 Å². The number of amidine groups is 2. The van der Waals surface area contributed by atoms with Crippen molar-refractivity contribution < 1.29 is 0 Å². The van der Waals surface area contributed by atoms with E-state index >= 15 is 0 Å². The van der Waals surface area contributed by atoms with Crippen LogP contribution in [0.5, 0.6) is 0 Å². The van der Waals surface area contributed by atoms with Gasteiger partial charge in [-0.25, -0.2) is 0 Å². The molecule has 4 heteroatoms. The van der Waals surface area contributed by atoms with E-state index in [0.717, 1.165) is 37.4 Å². The second-order valence-corrected chi connectivity index (χ2v) is 4.61. The van der Waals surface area contributed by atoms with Gasteiger partial charge < -0.3 is 11.5 Å². The number of nitrogens with two attached hydrogens (primary N) is 2. The standard InChI is InChI=1S/C10H16N4/c11-9-5-1-3-7(13-9)6-2-4-8(5)14-10(6)12/h5-8H,1-4H2,(H2,11,13)(H2,12,14)/t5-,6+,7-,8+. The van der Waals surface area contributed by atoms with E-state index in [2.05, 4.69) is 9.98 Å². The fourth-order valence-electron chi connectivity index (χ4n) is 3.06. The van der Waals surface area contributed by atoms with Crippen LogP contribution in [0.4, 0.5) is 0 Å². The average molecular weight is 192 g/mol. The third kappa shape index (κ3) is 0.996. The molecule has 0 amide bonds. The summed E-state index contributed by atoms with van der Waals surface area (Å²) >= 11 is 0. The van der Waals surface area contributed by atoms with E-state index in [1.54, 1.807) is 0 Å². The fourth-order valence-corrected chi connectivity index (χ4v) is 3.06. The molecular weight excluding hydrogens is 176 g/mol. The summed E-state index contributed by atoms with van der Waals surface area (Å²) in [6.45, 7) is 0. The van der Waals surface area contributed by atoms with Crippen LogP contribution in [0.25, 0.3) is 0 Å². The molecule has 4 bridgehead atoms. The van der Waals surface area contributed by atoms with Crippen molar-refractivity contribution in [1.29, 1.82) is 0 Å². The van der Waals surface area contributed by atoms with Crippen LogP contribution < -0.4 is 11.5 Å². The second-order valence-electron chi connectivity index (χ2n) is 4.61. The van der Waals surface area contributed by atoms with Crippen LogP contribution in [0.1, 0.15) is 25.7 Å². The average Bonchev–Trinajstić information content (AvgIpc) is 2.13. The normalized spacial score (nSPS) is 45.4. The van der Waals surface area contributed by atoms with Gasteiger partial charge in [0, 0.05) is 11.8 Å². The summed E-state index contributed by atoms with van der Waals surface area (Å²) in [7, 11) is 0. The Bertz CT molecular complexity index is 288. The molecule has 0 aromatic heterocycles. The first-order valence-corrected chi connectivity index (χ1v) is 5.42. The van der Waals surface area contributed by atoms with Crippen LogP contribution in [0.3, 0.4) is 0 Å². The van der Waals surface area contributed by atoms with E-state index in [1.165, 1.54) is 0 Å². The van der Waals surface area contributed by atoms with E-state index in [9.17, 15) is 0 Å². The second kappa shape index (κ2) is 2.72. The molecule has 1 fully saturated rings. The predicted molar refractivity (Wildman–Crippen MR) is 56.3 cm³/mol. The Labute approximate surface area is 83.5 Å². The SMILES string of the molecule is NC1=N[C@H]2CC[C@H]1[C@H]1CC[C@H]2C(N)=N1. The zero-order valence-corrected chi connectivity index (χ0v) is 8.19. The van der Waals surface area contributed by atoms with Crippen molar-refractivity contribution in [3.8, 4) is 0 Å². The maximum absolute atomic E-state index is 5.96. The highest BCUT2D eigenvalue weighted by Crippen LogP contribution is 2.37. The summed E-state index contributed by atoms with van der Waals surface area (Å²) < 4.78 is 0. The maximum Gasteiger partial charge on any atom is 0.0993 e. The van der Waals surface area contributed by atoms with Gasteiger partial charge in [0.1, 0.15) is 0 Å². The van der Waals surface area contributed by atoms with Gasteiger partial charge in [0.15, 0.2) is 0 Å². The lowest BCUT2D eigenvalue weighted by molar-refractivity contribution is 0.297.